The van der Waals surface area contributed by atoms with Crippen LogP contribution >= 0.6 is 46.3 Å². The molecule has 240 valence electrons. The third-order valence-electron chi connectivity index (χ3n) is 7.79. The van der Waals surface area contributed by atoms with Crippen LogP contribution in [0.15, 0.2) is 107 Å². The highest BCUT2D eigenvalue weighted by Crippen LogP contribution is 2.45. The Balaban J connectivity index is 1.26. The number of aromatic nitrogens is 4. The maximum atomic E-state index is 13.8. The number of nitrogens with zero attached hydrogens (tertiary/aromatic N) is 5. The van der Waals surface area contributed by atoms with Gasteiger partial charge in [-0.15, -0.1) is 10.2 Å². The topological polar surface area (TPSA) is 110 Å². The van der Waals surface area contributed by atoms with Crippen LogP contribution in [-0.2, 0) is 21.9 Å². The van der Waals surface area contributed by atoms with Gasteiger partial charge in [0.15, 0.2) is 10.1 Å². The third-order valence-corrected chi connectivity index (χ3v) is 10.5. The molecule has 4 heterocycles. The van der Waals surface area contributed by atoms with Crippen LogP contribution in [-0.4, -0.2) is 36.4 Å². The highest BCUT2D eigenvalue weighted by atomic mass is 35.5. The molecule has 0 saturated carbocycles. The van der Waals surface area contributed by atoms with Gasteiger partial charge in [-0.1, -0.05) is 101 Å². The number of benzene rings is 3. The second kappa shape index (κ2) is 13.4. The molecular formula is C35H25Cl2N5O4S2. The van der Waals surface area contributed by atoms with Crippen LogP contribution in [0.5, 0.6) is 5.75 Å². The molecule has 1 fully saturated rings. The summed E-state index contributed by atoms with van der Waals surface area (Å²) < 4.78 is 8.24. The summed E-state index contributed by atoms with van der Waals surface area (Å²) in [5.41, 5.74) is 3.79. The predicted octanol–water partition coefficient (Wildman–Crippen LogP) is 8.30. The lowest BCUT2D eigenvalue weighted by Gasteiger charge is -2.22. The monoisotopic (exact) mass is 713 g/mol. The lowest BCUT2D eigenvalue weighted by molar-refractivity contribution is -0.132. The molecule has 1 unspecified atom stereocenters. The van der Waals surface area contributed by atoms with Gasteiger partial charge in [-0.05, 0) is 60.0 Å². The molecule has 48 heavy (non-hydrogen) atoms. The van der Waals surface area contributed by atoms with Crippen molar-refractivity contribution in [2.45, 2.75) is 29.7 Å². The van der Waals surface area contributed by atoms with E-state index in [4.69, 9.17) is 27.9 Å². The van der Waals surface area contributed by atoms with Gasteiger partial charge in [0.2, 0.25) is 5.13 Å². The molecule has 6 aromatic rings. The number of rotatable bonds is 9. The first-order chi connectivity index (χ1) is 23.3. The molecule has 1 amide bonds. The van der Waals surface area contributed by atoms with Crippen molar-refractivity contribution in [3.8, 4) is 5.75 Å². The number of carbonyl (C=O) groups is 2. The van der Waals surface area contributed by atoms with Crippen LogP contribution in [0.4, 0.5) is 5.13 Å². The van der Waals surface area contributed by atoms with E-state index in [1.165, 1.54) is 28.0 Å². The van der Waals surface area contributed by atoms with Gasteiger partial charge in [-0.25, -0.2) is 4.98 Å². The molecule has 0 spiro atoms. The zero-order valence-corrected chi connectivity index (χ0v) is 28.4. The van der Waals surface area contributed by atoms with E-state index in [2.05, 4.69) is 15.2 Å². The number of aliphatic hydroxyl groups is 1. The number of carbonyl (C=O) groups excluding carboxylic acids is 2. The lowest BCUT2D eigenvalue weighted by Crippen LogP contribution is -2.29. The summed E-state index contributed by atoms with van der Waals surface area (Å²) in [5, 5.41) is 21.7. The first-order valence-corrected chi connectivity index (χ1v) is 17.3. The zero-order chi connectivity index (χ0) is 33.4. The number of halogens is 2. The molecule has 9 nitrogen and oxygen atoms in total. The summed E-state index contributed by atoms with van der Waals surface area (Å²) in [6, 6.07) is 26.6. The predicted molar refractivity (Wildman–Crippen MR) is 188 cm³/mol. The number of aliphatic hydroxyl groups excluding tert-OH is 1. The molecule has 1 atom stereocenters. The van der Waals surface area contributed by atoms with E-state index < -0.39 is 17.7 Å². The number of aryl methyl sites for hydroxylation is 1. The van der Waals surface area contributed by atoms with Crippen molar-refractivity contribution in [2.75, 3.05) is 4.90 Å². The van der Waals surface area contributed by atoms with Gasteiger partial charge in [0.1, 0.15) is 23.7 Å². The van der Waals surface area contributed by atoms with Crippen LogP contribution in [0.1, 0.15) is 34.1 Å². The number of ether oxygens (including phenoxy) is 1. The van der Waals surface area contributed by atoms with Gasteiger partial charge in [-0.2, -0.15) is 0 Å². The molecule has 3 aromatic heterocycles. The van der Waals surface area contributed by atoms with E-state index >= 15 is 0 Å². The summed E-state index contributed by atoms with van der Waals surface area (Å²) in [5.74, 6) is -0.911. The van der Waals surface area contributed by atoms with Crippen molar-refractivity contribution in [1.29, 1.82) is 0 Å². The smallest absolute Gasteiger partial charge is 0.301 e. The molecule has 13 heteroatoms. The first kappa shape index (κ1) is 31.9. The van der Waals surface area contributed by atoms with Crippen molar-refractivity contribution in [1.82, 2.24) is 19.6 Å². The van der Waals surface area contributed by atoms with Gasteiger partial charge < -0.3 is 9.84 Å². The maximum Gasteiger partial charge on any atom is 0.301 e. The Labute approximate surface area is 293 Å². The highest BCUT2D eigenvalue weighted by molar-refractivity contribution is 8.00. The van der Waals surface area contributed by atoms with Crippen LogP contribution < -0.4 is 9.64 Å². The van der Waals surface area contributed by atoms with Gasteiger partial charge in [0.05, 0.1) is 17.3 Å². The Morgan fingerprint density at radius 2 is 1.75 bits per heavy atom. The summed E-state index contributed by atoms with van der Waals surface area (Å²) in [4.78, 5) is 33.5. The zero-order valence-electron chi connectivity index (χ0n) is 25.2. The fraction of sp³-hybridized carbons (Fsp3) is 0.114. The fourth-order valence-electron chi connectivity index (χ4n) is 5.50. The van der Waals surface area contributed by atoms with E-state index in [9.17, 15) is 14.7 Å². The number of thioether (sulfide) groups is 1. The van der Waals surface area contributed by atoms with Crippen molar-refractivity contribution in [2.24, 2.45) is 0 Å². The van der Waals surface area contributed by atoms with Crippen molar-refractivity contribution in [3.05, 3.63) is 141 Å². The first-order valence-electron chi connectivity index (χ1n) is 14.7. The van der Waals surface area contributed by atoms with Gasteiger partial charge in [0.25, 0.3) is 5.78 Å². The van der Waals surface area contributed by atoms with Gasteiger partial charge in [0, 0.05) is 22.0 Å². The average molecular weight is 715 g/mol. The maximum absolute atomic E-state index is 13.8. The largest absolute Gasteiger partial charge is 0.505 e. The van der Waals surface area contributed by atoms with Crippen LogP contribution in [0, 0.1) is 6.92 Å². The van der Waals surface area contributed by atoms with Gasteiger partial charge >= 0.3 is 5.91 Å². The molecule has 3 aromatic carbocycles. The summed E-state index contributed by atoms with van der Waals surface area (Å²) in [6.45, 7) is 2.12. The number of amides is 1. The summed E-state index contributed by atoms with van der Waals surface area (Å²) in [7, 11) is 0. The third kappa shape index (κ3) is 6.17. The SMILES string of the molecule is Cc1nc2ccccn2c1/C(O)=C1\C(=O)C(=O)N(c2nnc(SCc3ccc(Cl)cc3Cl)s2)C1c1ccc(OCc2ccccc2)cc1. The lowest BCUT2D eigenvalue weighted by atomic mass is 9.96. The average Bonchev–Trinajstić information content (AvgIpc) is 3.77. The number of anilines is 1. The second-order valence-corrected chi connectivity index (χ2v) is 13.9. The molecular weight excluding hydrogens is 689 g/mol. The van der Waals surface area contributed by atoms with Crippen LogP contribution in [0.2, 0.25) is 10.0 Å². The number of fused-ring (bicyclic) bond motifs is 1. The number of Topliss-reactive ketones (excluding diaryl/α,β-unsaturated/α-hetero) is 1. The number of imidazole rings is 1. The quantitative estimate of drug-likeness (QED) is 0.0524. The van der Waals surface area contributed by atoms with Crippen LogP contribution in [0.25, 0.3) is 11.4 Å². The molecule has 0 bridgehead atoms. The number of ketones is 1. The molecule has 1 N–H and O–H groups in total. The van der Waals surface area contributed by atoms with Gasteiger partial charge in [-0.3, -0.25) is 18.9 Å². The Bertz CT molecular complexity index is 2200. The van der Waals surface area contributed by atoms with Crippen molar-refractivity contribution in [3.63, 3.8) is 0 Å². The molecule has 0 aliphatic carbocycles. The van der Waals surface area contributed by atoms with E-state index in [-0.39, 0.29) is 16.5 Å². The summed E-state index contributed by atoms with van der Waals surface area (Å²) in [6.07, 6.45) is 1.75. The number of hydrogen-bond acceptors (Lipinski definition) is 9. The fourth-order valence-corrected chi connectivity index (χ4v) is 7.92. The standard InChI is InChI=1S/C35H25Cl2N5O4S2/c1-20-29(41-16-6-5-9-27(41)38-20)31(43)28-30(22-11-14-25(15-12-22)46-18-21-7-3-2-4-8-21)42(33(45)32(28)44)34-39-40-35(48-34)47-19-23-10-13-24(36)17-26(23)37/h2-17,30,43H,18-19H2,1H3/b31-28+. The minimum absolute atomic E-state index is 0.0796. The Morgan fingerprint density at radius 1 is 0.979 bits per heavy atom. The van der Waals surface area contributed by atoms with Crippen LogP contribution in [0.3, 0.4) is 0 Å². The molecule has 0 radical (unpaired) electrons. The van der Waals surface area contributed by atoms with Crippen molar-refractivity contribution >= 4 is 74.5 Å². The van der Waals surface area contributed by atoms with E-state index in [1.54, 1.807) is 66.1 Å². The molecule has 7 rings (SSSR count). The molecule has 1 saturated heterocycles. The van der Waals surface area contributed by atoms with E-state index in [1.807, 2.05) is 42.5 Å². The minimum atomic E-state index is -1.00. The number of pyridine rings is 1. The normalized spacial score (nSPS) is 15.8. The molecule has 1 aliphatic heterocycles. The minimum Gasteiger partial charge on any atom is -0.505 e. The Hall–Kier alpha value is -4.68. The number of hydrogen-bond donors (Lipinski definition) is 1. The van der Waals surface area contributed by atoms with Crippen molar-refractivity contribution < 1.29 is 19.4 Å². The summed E-state index contributed by atoms with van der Waals surface area (Å²) >= 11 is 15.0. The van der Waals surface area contributed by atoms with E-state index in [0.717, 1.165) is 11.1 Å². The Kier molecular flexibility index (Phi) is 8.93. The second-order valence-electron chi connectivity index (χ2n) is 10.9. The van der Waals surface area contributed by atoms with E-state index in [0.29, 0.717) is 55.1 Å². The highest BCUT2D eigenvalue weighted by Gasteiger charge is 2.49. The molecule has 1 aliphatic rings. The Morgan fingerprint density at radius 3 is 2.52 bits per heavy atom.